The molecule has 0 unspecified atom stereocenters. The third-order valence-electron chi connectivity index (χ3n) is 2.33. The maximum absolute atomic E-state index is 9.02. The van der Waals surface area contributed by atoms with Gasteiger partial charge >= 0.3 is 0 Å². The van der Waals surface area contributed by atoms with Crippen molar-refractivity contribution in [1.82, 2.24) is 4.98 Å². The summed E-state index contributed by atoms with van der Waals surface area (Å²) in [5.74, 6) is 0.651. The summed E-state index contributed by atoms with van der Waals surface area (Å²) in [6, 6.07) is 4.06. The molecule has 0 aliphatic rings. The molecular formula is C12H17N3O. The molecule has 0 aliphatic carbocycles. The molecule has 0 atom stereocenters. The largest absolute Gasteiger partial charge is 0.396 e. The van der Waals surface area contributed by atoms with Crippen LogP contribution in [0, 0.1) is 25.2 Å². The smallest absolute Gasteiger partial charge is 0.144 e. The maximum atomic E-state index is 9.02. The third kappa shape index (κ3) is 3.21. The van der Waals surface area contributed by atoms with E-state index in [4.69, 9.17) is 10.4 Å². The van der Waals surface area contributed by atoms with Crippen LogP contribution in [0.4, 0.5) is 5.82 Å². The van der Waals surface area contributed by atoms with Gasteiger partial charge < -0.3 is 10.4 Å². The number of aliphatic hydroxyl groups excluding tert-OH is 1. The Morgan fingerprint density at radius 1 is 1.44 bits per heavy atom. The molecular weight excluding hydrogens is 202 g/mol. The van der Waals surface area contributed by atoms with Gasteiger partial charge in [0.25, 0.3) is 0 Å². The lowest BCUT2D eigenvalue weighted by Crippen LogP contribution is -2.07. The van der Waals surface area contributed by atoms with Crippen LogP contribution in [0.3, 0.4) is 0 Å². The molecule has 1 aromatic heterocycles. The summed E-state index contributed by atoms with van der Waals surface area (Å²) in [6.07, 6.45) is 1.63. The van der Waals surface area contributed by atoms with E-state index in [2.05, 4.69) is 16.4 Å². The zero-order valence-electron chi connectivity index (χ0n) is 9.75. The Balaban J connectivity index is 2.75. The minimum atomic E-state index is 0.201. The number of aliphatic hydroxyl groups is 1. The van der Waals surface area contributed by atoms with Crippen LogP contribution < -0.4 is 5.32 Å². The molecule has 0 spiro atoms. The zero-order valence-corrected chi connectivity index (χ0v) is 9.75. The minimum absolute atomic E-state index is 0.201. The average Bonchev–Trinajstić information content (AvgIpc) is 2.24. The van der Waals surface area contributed by atoms with Gasteiger partial charge in [-0.1, -0.05) is 0 Å². The second kappa shape index (κ2) is 6.09. The lowest BCUT2D eigenvalue weighted by molar-refractivity contribution is 0.286. The molecule has 16 heavy (non-hydrogen) atoms. The van der Waals surface area contributed by atoms with Crippen LogP contribution in [0.25, 0.3) is 0 Å². The van der Waals surface area contributed by atoms with Crippen molar-refractivity contribution >= 4 is 5.82 Å². The molecule has 4 heteroatoms. The van der Waals surface area contributed by atoms with E-state index in [1.165, 1.54) is 0 Å². The lowest BCUT2D eigenvalue weighted by atomic mass is 10.1. The molecule has 86 valence electrons. The fourth-order valence-electron chi connectivity index (χ4n) is 1.55. The van der Waals surface area contributed by atoms with E-state index in [1.54, 1.807) is 0 Å². The van der Waals surface area contributed by atoms with Gasteiger partial charge in [0.05, 0.1) is 5.56 Å². The Labute approximate surface area is 95.9 Å². The van der Waals surface area contributed by atoms with Crippen molar-refractivity contribution in [3.63, 3.8) is 0 Å². The summed E-state index contributed by atoms with van der Waals surface area (Å²) in [6.45, 7) is 4.75. The molecule has 0 bridgehead atoms. The van der Waals surface area contributed by atoms with Crippen molar-refractivity contribution in [2.45, 2.75) is 26.7 Å². The van der Waals surface area contributed by atoms with Crippen LogP contribution in [0.15, 0.2) is 6.07 Å². The van der Waals surface area contributed by atoms with Gasteiger partial charge in [-0.25, -0.2) is 4.98 Å². The molecule has 4 nitrogen and oxygen atoms in total. The van der Waals surface area contributed by atoms with Crippen molar-refractivity contribution in [3.05, 3.63) is 22.9 Å². The van der Waals surface area contributed by atoms with E-state index >= 15 is 0 Å². The molecule has 0 amide bonds. The second-order valence-corrected chi connectivity index (χ2v) is 3.77. The third-order valence-corrected chi connectivity index (χ3v) is 2.33. The van der Waals surface area contributed by atoms with E-state index in [9.17, 15) is 0 Å². The summed E-state index contributed by atoms with van der Waals surface area (Å²) >= 11 is 0. The predicted octanol–water partition coefficient (Wildman–Crippen LogP) is 1.75. The van der Waals surface area contributed by atoms with Gasteiger partial charge in [0.15, 0.2) is 0 Å². The summed E-state index contributed by atoms with van der Waals surface area (Å²) in [4.78, 5) is 4.31. The quantitative estimate of drug-likeness (QED) is 0.740. The van der Waals surface area contributed by atoms with Crippen molar-refractivity contribution in [1.29, 1.82) is 5.26 Å². The van der Waals surface area contributed by atoms with Crippen LogP contribution in [-0.4, -0.2) is 23.2 Å². The predicted molar refractivity (Wildman–Crippen MR) is 63.2 cm³/mol. The maximum Gasteiger partial charge on any atom is 0.144 e. The van der Waals surface area contributed by atoms with Gasteiger partial charge in [-0.2, -0.15) is 5.26 Å². The summed E-state index contributed by atoms with van der Waals surface area (Å²) in [5.41, 5.74) is 2.45. The first-order valence-electron chi connectivity index (χ1n) is 5.42. The van der Waals surface area contributed by atoms with Gasteiger partial charge in [-0.05, 0) is 38.3 Å². The molecule has 1 heterocycles. The molecule has 0 saturated heterocycles. The number of hydrogen-bond donors (Lipinski definition) is 2. The fourth-order valence-corrected chi connectivity index (χ4v) is 1.55. The van der Waals surface area contributed by atoms with Crippen LogP contribution in [0.5, 0.6) is 0 Å². The Morgan fingerprint density at radius 3 is 2.81 bits per heavy atom. The highest BCUT2D eigenvalue weighted by molar-refractivity contribution is 5.56. The summed E-state index contributed by atoms with van der Waals surface area (Å²) in [5, 5.41) is 20.8. The monoisotopic (exact) mass is 219 g/mol. The van der Waals surface area contributed by atoms with E-state index in [0.717, 1.165) is 30.6 Å². The number of aromatic nitrogens is 1. The topological polar surface area (TPSA) is 68.9 Å². The van der Waals surface area contributed by atoms with Crippen LogP contribution in [0.2, 0.25) is 0 Å². The number of nitrogens with zero attached hydrogens (tertiary/aromatic N) is 2. The first kappa shape index (κ1) is 12.5. The number of nitriles is 1. The lowest BCUT2D eigenvalue weighted by Gasteiger charge is -2.09. The number of aryl methyl sites for hydroxylation is 2. The van der Waals surface area contributed by atoms with Crippen molar-refractivity contribution < 1.29 is 5.11 Å². The molecule has 0 saturated carbocycles. The van der Waals surface area contributed by atoms with Gasteiger partial charge in [-0.3, -0.25) is 0 Å². The second-order valence-electron chi connectivity index (χ2n) is 3.77. The number of rotatable bonds is 5. The molecule has 0 fully saturated rings. The normalized spacial score (nSPS) is 9.88. The number of anilines is 1. The number of pyridine rings is 1. The van der Waals surface area contributed by atoms with Crippen molar-refractivity contribution in [3.8, 4) is 6.07 Å². The van der Waals surface area contributed by atoms with E-state index in [1.807, 2.05) is 19.9 Å². The highest BCUT2D eigenvalue weighted by Gasteiger charge is 2.07. The fraction of sp³-hybridized carbons (Fsp3) is 0.500. The molecule has 2 N–H and O–H groups in total. The Morgan fingerprint density at radius 2 is 2.19 bits per heavy atom. The Bertz CT molecular complexity index is 396. The van der Waals surface area contributed by atoms with Crippen LogP contribution in [0.1, 0.15) is 29.7 Å². The van der Waals surface area contributed by atoms with Crippen molar-refractivity contribution in [2.75, 3.05) is 18.5 Å². The highest BCUT2D eigenvalue weighted by atomic mass is 16.2. The first-order chi connectivity index (χ1) is 7.69. The Kier molecular flexibility index (Phi) is 4.74. The number of unbranched alkanes of at least 4 members (excludes halogenated alkanes) is 1. The molecule has 0 radical (unpaired) electrons. The van der Waals surface area contributed by atoms with Gasteiger partial charge in [-0.15, -0.1) is 0 Å². The minimum Gasteiger partial charge on any atom is -0.396 e. The number of nitrogens with one attached hydrogen (secondary N) is 1. The van der Waals surface area contributed by atoms with E-state index < -0.39 is 0 Å². The molecule has 1 rings (SSSR count). The zero-order chi connectivity index (χ0) is 12.0. The molecule has 0 aromatic carbocycles. The van der Waals surface area contributed by atoms with Gasteiger partial charge in [0.1, 0.15) is 11.9 Å². The van der Waals surface area contributed by atoms with Gasteiger partial charge in [0.2, 0.25) is 0 Å². The summed E-state index contributed by atoms with van der Waals surface area (Å²) < 4.78 is 0. The van der Waals surface area contributed by atoms with Crippen LogP contribution >= 0.6 is 0 Å². The van der Waals surface area contributed by atoms with Gasteiger partial charge in [0, 0.05) is 18.8 Å². The van der Waals surface area contributed by atoms with E-state index in [-0.39, 0.29) is 6.61 Å². The number of hydrogen-bond acceptors (Lipinski definition) is 4. The molecule has 0 aliphatic heterocycles. The van der Waals surface area contributed by atoms with Crippen molar-refractivity contribution in [2.24, 2.45) is 0 Å². The standard InChI is InChI=1S/C12H17N3O/c1-9-7-10(2)15-12(11(9)8-13)14-5-3-4-6-16/h7,16H,3-6H2,1-2H3,(H,14,15). The van der Waals surface area contributed by atoms with E-state index in [0.29, 0.717) is 11.4 Å². The highest BCUT2D eigenvalue weighted by Crippen LogP contribution is 2.17. The SMILES string of the molecule is Cc1cc(C)c(C#N)c(NCCCCO)n1. The Hall–Kier alpha value is -1.60. The average molecular weight is 219 g/mol. The molecule has 1 aromatic rings. The first-order valence-corrected chi connectivity index (χ1v) is 5.42. The summed E-state index contributed by atoms with van der Waals surface area (Å²) in [7, 11) is 0. The van der Waals surface area contributed by atoms with Crippen LogP contribution in [-0.2, 0) is 0 Å².